The second kappa shape index (κ2) is 9.78. The average Bonchev–Trinajstić information content (AvgIpc) is 3.14. The normalized spacial score (nSPS) is 10.7. The third-order valence-electron chi connectivity index (χ3n) is 4.16. The zero-order valence-electron chi connectivity index (χ0n) is 17.0. The van der Waals surface area contributed by atoms with E-state index in [2.05, 4.69) is 10.6 Å². The Labute approximate surface area is 185 Å². The smallest absolute Gasteiger partial charge is 0.269 e. The molecule has 2 aromatic carbocycles. The van der Waals surface area contributed by atoms with Gasteiger partial charge >= 0.3 is 0 Å². The number of rotatable bonds is 7. The van der Waals surface area contributed by atoms with Crippen molar-refractivity contribution in [1.82, 2.24) is 5.32 Å². The molecule has 7 heteroatoms. The van der Waals surface area contributed by atoms with Crippen LogP contribution in [-0.4, -0.2) is 24.5 Å². The first-order valence-electron chi connectivity index (χ1n) is 9.62. The second-order valence-electron chi connectivity index (χ2n) is 6.88. The fourth-order valence-electron chi connectivity index (χ4n) is 2.83. The minimum Gasteiger partial charge on any atom is -0.492 e. The molecular formula is C23H23ClN2O3S. The highest BCUT2D eigenvalue weighted by atomic mass is 35.5. The summed E-state index contributed by atoms with van der Waals surface area (Å²) in [4.78, 5) is 26.7. The van der Waals surface area contributed by atoms with Gasteiger partial charge in [-0.15, -0.1) is 11.3 Å². The summed E-state index contributed by atoms with van der Waals surface area (Å²) in [5.41, 5.74) is 1.80. The van der Waals surface area contributed by atoms with Gasteiger partial charge in [0.1, 0.15) is 10.6 Å². The molecule has 2 N–H and O–H groups in total. The molecule has 0 bridgehead atoms. The molecule has 0 radical (unpaired) electrons. The van der Waals surface area contributed by atoms with Crippen LogP contribution in [0.2, 0.25) is 5.02 Å². The summed E-state index contributed by atoms with van der Waals surface area (Å²) in [5, 5.41) is 5.99. The van der Waals surface area contributed by atoms with Crippen molar-refractivity contribution in [1.29, 1.82) is 0 Å². The zero-order chi connectivity index (χ0) is 21.7. The van der Waals surface area contributed by atoms with Crippen molar-refractivity contribution in [2.24, 2.45) is 0 Å². The zero-order valence-corrected chi connectivity index (χ0v) is 18.6. The van der Waals surface area contributed by atoms with Crippen LogP contribution in [0, 0.1) is 0 Å². The topological polar surface area (TPSA) is 67.4 Å². The largest absolute Gasteiger partial charge is 0.492 e. The number of carbonyl (C=O) groups is 2. The maximum atomic E-state index is 13.0. The highest BCUT2D eigenvalue weighted by molar-refractivity contribution is 7.17. The minimum absolute atomic E-state index is 0.00231. The van der Waals surface area contributed by atoms with Crippen LogP contribution in [0.4, 0.5) is 5.69 Å². The van der Waals surface area contributed by atoms with E-state index in [4.69, 9.17) is 16.3 Å². The third-order valence-corrected chi connectivity index (χ3v) is 5.65. The molecule has 3 aromatic rings. The molecule has 1 heterocycles. The fourth-order valence-corrected chi connectivity index (χ4v) is 3.99. The van der Waals surface area contributed by atoms with Crippen molar-refractivity contribution in [3.8, 4) is 16.2 Å². The summed E-state index contributed by atoms with van der Waals surface area (Å²) in [7, 11) is 0. The van der Waals surface area contributed by atoms with Gasteiger partial charge in [-0.05, 0) is 50.6 Å². The molecule has 0 fully saturated rings. The molecule has 0 unspecified atom stereocenters. The van der Waals surface area contributed by atoms with Crippen molar-refractivity contribution in [2.75, 3.05) is 11.9 Å². The first-order valence-corrected chi connectivity index (χ1v) is 10.8. The average molecular weight is 443 g/mol. The van der Waals surface area contributed by atoms with Crippen LogP contribution in [0.15, 0.2) is 54.6 Å². The Balaban J connectivity index is 1.88. The fraction of sp³-hybridized carbons (Fsp3) is 0.217. The van der Waals surface area contributed by atoms with Crippen LogP contribution in [-0.2, 0) is 0 Å². The molecule has 2 amide bonds. The maximum absolute atomic E-state index is 13.0. The monoisotopic (exact) mass is 442 g/mol. The molecule has 0 saturated heterocycles. The number of ether oxygens (including phenoxy) is 1. The highest BCUT2D eigenvalue weighted by Gasteiger charge is 2.20. The lowest BCUT2D eigenvalue weighted by Crippen LogP contribution is -2.30. The van der Waals surface area contributed by atoms with Gasteiger partial charge in [-0.1, -0.05) is 41.9 Å². The number of anilines is 1. The predicted octanol–water partition coefficient (Wildman–Crippen LogP) is 5.86. The van der Waals surface area contributed by atoms with Crippen LogP contribution in [0.5, 0.6) is 5.75 Å². The summed E-state index contributed by atoms with van der Waals surface area (Å²) in [6, 6.07) is 16.5. The standard InChI is InChI=1S/C23H23ClN2O3S/c1-4-29-19-13-20(15-8-6-5-7-9-15)30-21(19)23(28)26-18-12-16(10-11-17(18)24)22(27)25-14(2)3/h5-14H,4H2,1-3H3,(H,25,27)(H,26,28). The van der Waals surface area contributed by atoms with Crippen molar-refractivity contribution in [2.45, 2.75) is 26.8 Å². The molecule has 0 aliphatic carbocycles. The third kappa shape index (κ3) is 5.20. The van der Waals surface area contributed by atoms with Crippen molar-refractivity contribution in [3.05, 3.63) is 70.1 Å². The maximum Gasteiger partial charge on any atom is 0.269 e. The van der Waals surface area contributed by atoms with Crippen LogP contribution >= 0.6 is 22.9 Å². The molecule has 3 rings (SSSR count). The molecule has 0 saturated carbocycles. The van der Waals surface area contributed by atoms with E-state index in [-0.39, 0.29) is 17.9 Å². The number of thiophene rings is 1. The van der Waals surface area contributed by atoms with Crippen LogP contribution in [0.1, 0.15) is 40.8 Å². The quantitative estimate of drug-likeness (QED) is 0.481. The van der Waals surface area contributed by atoms with E-state index in [0.29, 0.717) is 33.5 Å². The van der Waals surface area contributed by atoms with Crippen LogP contribution in [0.3, 0.4) is 0 Å². The van der Waals surface area contributed by atoms with Crippen molar-refractivity contribution in [3.63, 3.8) is 0 Å². The highest BCUT2D eigenvalue weighted by Crippen LogP contribution is 2.37. The summed E-state index contributed by atoms with van der Waals surface area (Å²) in [6.07, 6.45) is 0. The van der Waals surface area contributed by atoms with E-state index in [9.17, 15) is 9.59 Å². The number of hydrogen-bond acceptors (Lipinski definition) is 4. The van der Waals surface area contributed by atoms with Gasteiger partial charge < -0.3 is 15.4 Å². The number of amides is 2. The van der Waals surface area contributed by atoms with E-state index >= 15 is 0 Å². The van der Waals surface area contributed by atoms with Gasteiger partial charge in [-0.2, -0.15) is 0 Å². The first-order chi connectivity index (χ1) is 14.4. The lowest BCUT2D eigenvalue weighted by molar-refractivity contribution is 0.0941. The molecule has 0 atom stereocenters. The lowest BCUT2D eigenvalue weighted by Gasteiger charge is -2.12. The van der Waals surface area contributed by atoms with Gasteiger partial charge in [-0.3, -0.25) is 9.59 Å². The molecular weight excluding hydrogens is 420 g/mol. The summed E-state index contributed by atoms with van der Waals surface area (Å²) in [5.74, 6) is -0.0488. The van der Waals surface area contributed by atoms with E-state index in [1.807, 2.05) is 57.2 Å². The molecule has 156 valence electrons. The molecule has 30 heavy (non-hydrogen) atoms. The Morgan fingerprint density at radius 3 is 2.47 bits per heavy atom. The predicted molar refractivity (Wildman–Crippen MR) is 123 cm³/mol. The van der Waals surface area contributed by atoms with Gasteiger partial charge in [0.2, 0.25) is 0 Å². The van der Waals surface area contributed by atoms with Gasteiger partial charge in [0.15, 0.2) is 0 Å². The Bertz CT molecular complexity index is 1050. The van der Waals surface area contributed by atoms with Crippen molar-refractivity contribution < 1.29 is 14.3 Å². The van der Waals surface area contributed by atoms with Crippen molar-refractivity contribution >= 4 is 40.4 Å². The van der Waals surface area contributed by atoms with E-state index in [1.54, 1.807) is 18.2 Å². The van der Waals surface area contributed by atoms with E-state index in [0.717, 1.165) is 10.4 Å². The van der Waals surface area contributed by atoms with E-state index < -0.39 is 0 Å². The Kier molecular flexibility index (Phi) is 7.13. The Morgan fingerprint density at radius 2 is 1.80 bits per heavy atom. The summed E-state index contributed by atoms with van der Waals surface area (Å²) < 4.78 is 5.69. The SMILES string of the molecule is CCOc1cc(-c2ccccc2)sc1C(=O)Nc1cc(C(=O)NC(C)C)ccc1Cl. The van der Waals surface area contributed by atoms with Crippen LogP contribution < -0.4 is 15.4 Å². The van der Waals surface area contributed by atoms with Gasteiger partial charge in [0.25, 0.3) is 11.8 Å². The van der Waals surface area contributed by atoms with Gasteiger partial charge in [-0.25, -0.2) is 0 Å². The second-order valence-corrected chi connectivity index (χ2v) is 8.34. The van der Waals surface area contributed by atoms with Gasteiger partial charge in [0, 0.05) is 16.5 Å². The Morgan fingerprint density at radius 1 is 1.07 bits per heavy atom. The van der Waals surface area contributed by atoms with E-state index in [1.165, 1.54) is 11.3 Å². The lowest BCUT2D eigenvalue weighted by atomic mass is 10.1. The number of carbonyl (C=O) groups excluding carboxylic acids is 2. The molecule has 0 aliphatic rings. The summed E-state index contributed by atoms with van der Waals surface area (Å²) in [6.45, 7) is 6.08. The van der Waals surface area contributed by atoms with Gasteiger partial charge in [0.05, 0.1) is 17.3 Å². The number of nitrogens with one attached hydrogen (secondary N) is 2. The van der Waals surface area contributed by atoms with Crippen LogP contribution in [0.25, 0.3) is 10.4 Å². The molecule has 1 aromatic heterocycles. The molecule has 0 spiro atoms. The number of benzene rings is 2. The Hall–Kier alpha value is -2.83. The molecule has 0 aliphatic heterocycles. The number of hydrogen-bond donors (Lipinski definition) is 2. The first kappa shape index (κ1) is 21.9. The number of halogens is 1. The minimum atomic E-state index is -0.339. The molecule has 5 nitrogen and oxygen atoms in total. The summed E-state index contributed by atoms with van der Waals surface area (Å²) >= 11 is 7.61.